The molecule has 0 saturated heterocycles. The van der Waals surface area contributed by atoms with Gasteiger partial charge < -0.3 is 14.6 Å². The molecule has 1 N–H and O–H groups in total. The van der Waals surface area contributed by atoms with E-state index in [0.29, 0.717) is 23.3 Å². The van der Waals surface area contributed by atoms with E-state index in [1.807, 2.05) is 30.3 Å². The quantitative estimate of drug-likeness (QED) is 0.758. The van der Waals surface area contributed by atoms with Gasteiger partial charge in [0.1, 0.15) is 17.2 Å². The average Bonchev–Trinajstić information content (AvgIpc) is 2.56. The Bertz CT molecular complexity index is 680. The summed E-state index contributed by atoms with van der Waals surface area (Å²) >= 11 is 0. The van der Waals surface area contributed by atoms with Crippen LogP contribution in [0.3, 0.4) is 0 Å². The number of rotatable bonds is 8. The molecular weight excluding hydrogens is 318 g/mol. The van der Waals surface area contributed by atoms with Crippen molar-refractivity contribution in [1.82, 2.24) is 0 Å². The Morgan fingerprint density at radius 2 is 1.58 bits per heavy atom. The van der Waals surface area contributed by atoms with Crippen molar-refractivity contribution in [1.29, 1.82) is 0 Å². The minimum absolute atomic E-state index is 0.0135. The van der Waals surface area contributed by atoms with Crippen LogP contribution in [-0.2, 0) is 4.79 Å². The van der Waals surface area contributed by atoms with Gasteiger partial charge in [-0.1, -0.05) is 18.2 Å². The number of halogens is 2. The lowest BCUT2D eigenvalue weighted by molar-refractivity contribution is -0.140. The van der Waals surface area contributed by atoms with E-state index >= 15 is 0 Å². The summed E-state index contributed by atoms with van der Waals surface area (Å²) < 4.78 is 35.3. The molecule has 0 aliphatic carbocycles. The molecule has 0 radical (unpaired) electrons. The molecule has 0 amide bonds. The normalized spacial score (nSPS) is 11.4. The Morgan fingerprint density at radius 1 is 1.00 bits per heavy atom. The number of aliphatic carboxylic acids is 1. The summed E-state index contributed by atoms with van der Waals surface area (Å²) in [4.78, 5) is 10.8. The highest BCUT2D eigenvalue weighted by Gasteiger charge is 2.16. The molecule has 126 valence electrons. The number of hydrogen-bond donors (Lipinski definition) is 1. The van der Waals surface area contributed by atoms with Gasteiger partial charge in [0.2, 0.25) is 0 Å². The molecule has 0 spiro atoms. The molecule has 24 heavy (non-hydrogen) atoms. The van der Waals surface area contributed by atoms with E-state index in [0.717, 1.165) is 0 Å². The second kappa shape index (κ2) is 8.67. The van der Waals surface area contributed by atoms with E-state index in [9.17, 15) is 13.6 Å². The van der Waals surface area contributed by atoms with E-state index < -0.39 is 18.0 Å². The van der Waals surface area contributed by atoms with Crippen LogP contribution in [0.2, 0.25) is 0 Å². The highest BCUT2D eigenvalue weighted by Crippen LogP contribution is 2.23. The number of para-hydroxylation sites is 1. The van der Waals surface area contributed by atoms with E-state index in [4.69, 9.17) is 14.6 Å². The minimum Gasteiger partial charge on any atom is -0.494 e. The summed E-state index contributed by atoms with van der Waals surface area (Å²) in [5.41, 5.74) is 0. The number of ether oxygens (including phenoxy) is 2. The van der Waals surface area contributed by atoms with Crippen molar-refractivity contribution in [3.8, 4) is 17.2 Å². The summed E-state index contributed by atoms with van der Waals surface area (Å²) in [6.07, 6.45) is -1.64. The lowest BCUT2D eigenvalue weighted by Gasteiger charge is -2.10. The van der Waals surface area contributed by atoms with Crippen molar-refractivity contribution >= 4 is 5.97 Å². The zero-order valence-corrected chi connectivity index (χ0v) is 12.7. The smallest absolute Gasteiger partial charge is 0.310 e. The molecule has 1 unspecified atom stereocenters. The average molecular weight is 334 g/mol. The van der Waals surface area contributed by atoms with Gasteiger partial charge in [-0.3, -0.25) is 4.79 Å². The molecule has 6 heteroatoms. The maximum atomic E-state index is 12.2. The summed E-state index contributed by atoms with van der Waals surface area (Å²) in [6.45, 7) is 0.0135. The Hall–Kier alpha value is -2.89. The lowest BCUT2D eigenvalue weighted by Crippen LogP contribution is -2.15. The minimum atomic E-state index is -2.01. The van der Waals surface area contributed by atoms with Crippen molar-refractivity contribution in [2.45, 2.75) is 6.42 Å². The van der Waals surface area contributed by atoms with Crippen molar-refractivity contribution in [3.63, 3.8) is 0 Å². The molecule has 0 aromatic heterocycles. The SMILES string of the molecule is O=C(O)C(C=C(F)F)CCOc1ccc(Oc2ccccc2)cc1. The van der Waals surface area contributed by atoms with Gasteiger partial charge in [-0.05, 0) is 48.9 Å². The fourth-order valence-electron chi connectivity index (χ4n) is 1.96. The van der Waals surface area contributed by atoms with Gasteiger partial charge in [-0.2, -0.15) is 8.78 Å². The van der Waals surface area contributed by atoms with Crippen LogP contribution < -0.4 is 9.47 Å². The first kappa shape index (κ1) is 17.5. The highest BCUT2D eigenvalue weighted by molar-refractivity contribution is 5.72. The summed E-state index contributed by atoms with van der Waals surface area (Å²) in [5.74, 6) is -0.743. The van der Waals surface area contributed by atoms with E-state index in [1.54, 1.807) is 24.3 Å². The second-order valence-electron chi connectivity index (χ2n) is 4.92. The third kappa shape index (κ3) is 5.72. The Labute approximate surface area is 138 Å². The van der Waals surface area contributed by atoms with E-state index in [-0.39, 0.29) is 13.0 Å². The predicted octanol–water partition coefficient (Wildman–Crippen LogP) is 4.73. The third-order valence-corrected chi connectivity index (χ3v) is 3.14. The molecule has 0 aliphatic heterocycles. The Kier molecular flexibility index (Phi) is 6.31. The van der Waals surface area contributed by atoms with Crippen LogP contribution in [0.1, 0.15) is 6.42 Å². The van der Waals surface area contributed by atoms with Crippen molar-refractivity contribution < 1.29 is 28.2 Å². The van der Waals surface area contributed by atoms with Gasteiger partial charge in [-0.25, -0.2) is 0 Å². The standard InChI is InChI=1S/C18H16F2O4/c19-17(20)12-13(18(21)22)10-11-23-14-6-8-16(9-7-14)24-15-4-2-1-3-5-15/h1-9,12-13H,10-11H2,(H,21,22). The molecule has 0 heterocycles. The molecule has 0 saturated carbocycles. The topological polar surface area (TPSA) is 55.8 Å². The molecule has 2 rings (SSSR count). The second-order valence-corrected chi connectivity index (χ2v) is 4.92. The number of carboxylic acid groups (broad SMARTS) is 1. The Balaban J connectivity index is 1.85. The maximum Gasteiger partial charge on any atom is 0.310 e. The van der Waals surface area contributed by atoms with Gasteiger partial charge in [-0.15, -0.1) is 0 Å². The fourth-order valence-corrected chi connectivity index (χ4v) is 1.96. The van der Waals surface area contributed by atoms with Crippen molar-refractivity contribution in [3.05, 3.63) is 66.8 Å². The molecule has 0 fully saturated rings. The summed E-state index contributed by atoms with van der Waals surface area (Å²) in [5, 5.41) is 8.85. The monoisotopic (exact) mass is 334 g/mol. The summed E-state index contributed by atoms with van der Waals surface area (Å²) in [6, 6.07) is 16.0. The molecular formula is C18H16F2O4. The van der Waals surface area contributed by atoms with Gasteiger partial charge in [0.15, 0.2) is 0 Å². The van der Waals surface area contributed by atoms with Gasteiger partial charge in [0, 0.05) is 0 Å². The first-order valence-electron chi connectivity index (χ1n) is 7.26. The number of carbonyl (C=O) groups is 1. The van der Waals surface area contributed by atoms with Crippen LogP contribution in [0.5, 0.6) is 17.2 Å². The van der Waals surface area contributed by atoms with E-state index in [2.05, 4.69) is 0 Å². The number of carboxylic acids is 1. The van der Waals surface area contributed by atoms with Crippen LogP contribution in [0, 0.1) is 5.92 Å². The van der Waals surface area contributed by atoms with Crippen LogP contribution in [0.15, 0.2) is 66.8 Å². The molecule has 0 bridgehead atoms. The molecule has 1 atom stereocenters. The number of benzene rings is 2. The van der Waals surface area contributed by atoms with Gasteiger partial charge >= 0.3 is 5.97 Å². The molecule has 0 aliphatic rings. The largest absolute Gasteiger partial charge is 0.494 e. The van der Waals surface area contributed by atoms with Crippen LogP contribution in [0.25, 0.3) is 0 Å². The number of hydrogen-bond acceptors (Lipinski definition) is 3. The zero-order chi connectivity index (χ0) is 17.4. The van der Waals surface area contributed by atoms with Crippen LogP contribution >= 0.6 is 0 Å². The molecule has 4 nitrogen and oxygen atoms in total. The molecule has 2 aromatic rings. The van der Waals surface area contributed by atoms with Crippen LogP contribution in [0.4, 0.5) is 8.78 Å². The highest BCUT2D eigenvalue weighted by atomic mass is 19.3. The zero-order valence-electron chi connectivity index (χ0n) is 12.7. The van der Waals surface area contributed by atoms with Gasteiger partial charge in [0.25, 0.3) is 6.08 Å². The van der Waals surface area contributed by atoms with E-state index in [1.165, 1.54) is 0 Å². The maximum absolute atomic E-state index is 12.2. The first-order valence-corrected chi connectivity index (χ1v) is 7.26. The Morgan fingerprint density at radius 3 is 2.17 bits per heavy atom. The summed E-state index contributed by atoms with van der Waals surface area (Å²) in [7, 11) is 0. The molecule has 2 aromatic carbocycles. The van der Waals surface area contributed by atoms with Crippen molar-refractivity contribution in [2.75, 3.05) is 6.61 Å². The van der Waals surface area contributed by atoms with Gasteiger partial charge in [0.05, 0.1) is 12.5 Å². The fraction of sp³-hybridized carbons (Fsp3) is 0.167. The van der Waals surface area contributed by atoms with Crippen molar-refractivity contribution in [2.24, 2.45) is 5.92 Å². The first-order chi connectivity index (χ1) is 11.5. The third-order valence-electron chi connectivity index (χ3n) is 3.14. The predicted molar refractivity (Wildman–Crippen MR) is 84.5 cm³/mol. The van der Waals surface area contributed by atoms with Crippen LogP contribution in [-0.4, -0.2) is 17.7 Å². The lowest BCUT2D eigenvalue weighted by atomic mass is 10.1.